The molecule has 17 heavy (non-hydrogen) atoms. The normalized spacial score (nSPS) is 18.7. The minimum absolute atomic E-state index is 0.0671. The van der Waals surface area contributed by atoms with Gasteiger partial charge < -0.3 is 10.1 Å². The standard InChI is InChI=1S/C11H11N3O2S/c12-11-14(9(15)6-17-11)8-3-1-2-7-10(8)16-5-4-13-7/h1-3,12-13H,4-6H2. The predicted molar refractivity (Wildman–Crippen MR) is 68.1 cm³/mol. The summed E-state index contributed by atoms with van der Waals surface area (Å²) in [4.78, 5) is 13.2. The van der Waals surface area contributed by atoms with Crippen molar-refractivity contribution >= 4 is 34.2 Å². The summed E-state index contributed by atoms with van der Waals surface area (Å²) in [6.45, 7) is 1.34. The van der Waals surface area contributed by atoms with Crippen LogP contribution in [0.5, 0.6) is 5.75 Å². The summed E-state index contributed by atoms with van der Waals surface area (Å²) < 4.78 is 5.60. The molecule has 1 saturated heterocycles. The number of benzene rings is 1. The van der Waals surface area contributed by atoms with E-state index in [0.29, 0.717) is 23.8 Å². The first-order valence-electron chi connectivity index (χ1n) is 5.31. The molecule has 0 spiro atoms. The number of hydrogen-bond acceptors (Lipinski definition) is 5. The fourth-order valence-corrected chi connectivity index (χ4v) is 2.67. The second kappa shape index (κ2) is 3.96. The third kappa shape index (κ3) is 1.64. The maximum Gasteiger partial charge on any atom is 0.243 e. The van der Waals surface area contributed by atoms with Crippen LogP contribution in [0, 0.1) is 5.41 Å². The highest BCUT2D eigenvalue weighted by atomic mass is 32.2. The molecule has 2 N–H and O–H groups in total. The van der Waals surface area contributed by atoms with E-state index in [-0.39, 0.29) is 11.1 Å². The van der Waals surface area contributed by atoms with Crippen molar-refractivity contribution in [1.29, 1.82) is 5.41 Å². The van der Waals surface area contributed by atoms with Crippen molar-refractivity contribution in [2.24, 2.45) is 0 Å². The number of nitrogens with zero attached hydrogens (tertiary/aromatic N) is 1. The van der Waals surface area contributed by atoms with Gasteiger partial charge in [-0.1, -0.05) is 17.8 Å². The van der Waals surface area contributed by atoms with Crippen LogP contribution in [0.15, 0.2) is 18.2 Å². The number of amides is 1. The quantitative estimate of drug-likeness (QED) is 0.791. The summed E-state index contributed by atoms with van der Waals surface area (Å²) in [6.07, 6.45) is 0. The molecule has 0 radical (unpaired) electrons. The molecule has 0 atom stereocenters. The van der Waals surface area contributed by atoms with Gasteiger partial charge in [0.15, 0.2) is 10.9 Å². The average molecular weight is 249 g/mol. The van der Waals surface area contributed by atoms with Crippen LogP contribution in [0.3, 0.4) is 0 Å². The zero-order valence-corrected chi connectivity index (χ0v) is 9.84. The topological polar surface area (TPSA) is 65.4 Å². The number of carbonyl (C=O) groups is 1. The Balaban J connectivity index is 2.08. The van der Waals surface area contributed by atoms with Gasteiger partial charge in [0.1, 0.15) is 6.61 Å². The molecule has 1 fully saturated rings. The van der Waals surface area contributed by atoms with Crippen molar-refractivity contribution in [3.63, 3.8) is 0 Å². The second-order valence-corrected chi connectivity index (χ2v) is 4.72. The van der Waals surface area contributed by atoms with Gasteiger partial charge in [0.2, 0.25) is 5.91 Å². The van der Waals surface area contributed by atoms with Gasteiger partial charge in [0, 0.05) is 6.54 Å². The highest BCUT2D eigenvalue weighted by Crippen LogP contribution is 2.40. The molecule has 0 aromatic heterocycles. The molecule has 0 saturated carbocycles. The maximum absolute atomic E-state index is 11.8. The Morgan fingerprint density at radius 1 is 1.47 bits per heavy atom. The molecule has 88 valence electrons. The summed E-state index contributed by atoms with van der Waals surface area (Å²) in [5, 5.41) is 11.3. The van der Waals surface area contributed by atoms with Crippen molar-refractivity contribution < 1.29 is 9.53 Å². The molecule has 5 nitrogen and oxygen atoms in total. The van der Waals surface area contributed by atoms with Gasteiger partial charge in [-0.15, -0.1) is 0 Å². The van der Waals surface area contributed by atoms with E-state index < -0.39 is 0 Å². The van der Waals surface area contributed by atoms with Crippen molar-refractivity contribution in [2.75, 3.05) is 29.1 Å². The summed E-state index contributed by atoms with van der Waals surface area (Å²) in [5.74, 6) is 0.928. The first kappa shape index (κ1) is 10.5. The van der Waals surface area contributed by atoms with E-state index in [1.165, 1.54) is 16.7 Å². The van der Waals surface area contributed by atoms with Gasteiger partial charge >= 0.3 is 0 Å². The molecule has 0 bridgehead atoms. The minimum atomic E-state index is -0.0671. The van der Waals surface area contributed by atoms with Crippen molar-refractivity contribution in [3.05, 3.63) is 18.2 Å². The van der Waals surface area contributed by atoms with Crippen LogP contribution in [0.4, 0.5) is 11.4 Å². The number of ether oxygens (including phenoxy) is 1. The number of nitrogens with one attached hydrogen (secondary N) is 2. The number of amidine groups is 1. The number of fused-ring (bicyclic) bond motifs is 1. The Morgan fingerprint density at radius 3 is 3.12 bits per heavy atom. The Bertz CT molecular complexity index is 487. The number of anilines is 2. The molecule has 2 aliphatic heterocycles. The third-order valence-corrected chi connectivity index (χ3v) is 3.53. The SMILES string of the molecule is N=C1SCC(=O)N1c1cccc2c1OCCN2. The Labute approximate surface area is 103 Å². The van der Waals surface area contributed by atoms with E-state index in [4.69, 9.17) is 10.1 Å². The van der Waals surface area contributed by atoms with E-state index in [2.05, 4.69) is 5.32 Å². The van der Waals surface area contributed by atoms with E-state index in [0.717, 1.165) is 12.2 Å². The predicted octanol–water partition coefficient (Wildman–Crippen LogP) is 1.51. The number of para-hydroxylation sites is 1. The molecule has 3 rings (SSSR count). The minimum Gasteiger partial charge on any atom is -0.487 e. The number of thioether (sulfide) groups is 1. The largest absolute Gasteiger partial charge is 0.487 e. The molecular weight excluding hydrogens is 238 g/mol. The molecule has 1 aromatic rings. The van der Waals surface area contributed by atoms with Gasteiger partial charge in [-0.25, -0.2) is 0 Å². The van der Waals surface area contributed by atoms with Gasteiger partial charge in [-0.3, -0.25) is 15.1 Å². The van der Waals surface area contributed by atoms with Crippen molar-refractivity contribution in [1.82, 2.24) is 0 Å². The summed E-state index contributed by atoms with van der Waals surface area (Å²) in [7, 11) is 0. The lowest BCUT2D eigenvalue weighted by atomic mass is 10.2. The molecule has 2 aliphatic rings. The van der Waals surface area contributed by atoms with Crippen LogP contribution in [0.2, 0.25) is 0 Å². The first-order chi connectivity index (χ1) is 8.27. The Hall–Kier alpha value is -1.69. The Kier molecular flexibility index (Phi) is 2.44. The molecule has 1 aromatic carbocycles. The third-order valence-electron chi connectivity index (χ3n) is 2.68. The zero-order valence-electron chi connectivity index (χ0n) is 9.03. The first-order valence-corrected chi connectivity index (χ1v) is 6.30. The molecule has 0 aliphatic carbocycles. The average Bonchev–Trinajstić information content (AvgIpc) is 2.69. The fourth-order valence-electron chi connectivity index (χ4n) is 1.95. The smallest absolute Gasteiger partial charge is 0.243 e. The van der Waals surface area contributed by atoms with E-state index >= 15 is 0 Å². The molecule has 6 heteroatoms. The number of carbonyl (C=O) groups excluding carboxylic acids is 1. The molecule has 0 unspecified atom stereocenters. The van der Waals surface area contributed by atoms with Crippen LogP contribution in [-0.4, -0.2) is 30.0 Å². The van der Waals surface area contributed by atoms with Gasteiger partial charge in [-0.05, 0) is 12.1 Å². The van der Waals surface area contributed by atoms with Crippen LogP contribution in [0.1, 0.15) is 0 Å². The van der Waals surface area contributed by atoms with Crippen LogP contribution >= 0.6 is 11.8 Å². The van der Waals surface area contributed by atoms with Crippen LogP contribution in [-0.2, 0) is 4.79 Å². The fraction of sp³-hybridized carbons (Fsp3) is 0.273. The van der Waals surface area contributed by atoms with Crippen LogP contribution in [0.25, 0.3) is 0 Å². The lowest BCUT2D eigenvalue weighted by molar-refractivity contribution is -0.115. The van der Waals surface area contributed by atoms with Crippen molar-refractivity contribution in [3.8, 4) is 5.75 Å². The summed E-state index contributed by atoms with van der Waals surface area (Å²) >= 11 is 1.24. The Morgan fingerprint density at radius 2 is 2.35 bits per heavy atom. The van der Waals surface area contributed by atoms with Crippen LogP contribution < -0.4 is 15.0 Å². The van der Waals surface area contributed by atoms with Gasteiger partial charge in [0.25, 0.3) is 0 Å². The summed E-state index contributed by atoms with van der Waals surface area (Å²) in [5.41, 5.74) is 1.54. The zero-order chi connectivity index (χ0) is 11.8. The van der Waals surface area contributed by atoms with Gasteiger partial charge in [0.05, 0.1) is 17.1 Å². The van der Waals surface area contributed by atoms with E-state index in [1.807, 2.05) is 18.2 Å². The number of hydrogen-bond donors (Lipinski definition) is 2. The van der Waals surface area contributed by atoms with Gasteiger partial charge in [-0.2, -0.15) is 0 Å². The molecule has 2 heterocycles. The maximum atomic E-state index is 11.8. The number of rotatable bonds is 1. The lowest BCUT2D eigenvalue weighted by Gasteiger charge is -2.25. The second-order valence-electron chi connectivity index (χ2n) is 3.75. The molecular formula is C11H11N3O2S. The van der Waals surface area contributed by atoms with Crippen molar-refractivity contribution in [2.45, 2.75) is 0 Å². The monoisotopic (exact) mass is 249 g/mol. The highest BCUT2D eigenvalue weighted by molar-refractivity contribution is 8.15. The molecule has 1 amide bonds. The van der Waals surface area contributed by atoms with E-state index in [1.54, 1.807) is 0 Å². The highest BCUT2D eigenvalue weighted by Gasteiger charge is 2.31. The van der Waals surface area contributed by atoms with E-state index in [9.17, 15) is 4.79 Å². The lowest BCUT2D eigenvalue weighted by Crippen LogP contribution is -2.30. The summed E-state index contributed by atoms with van der Waals surface area (Å²) in [6, 6.07) is 5.58.